The minimum atomic E-state index is -4.66. The Kier molecular flexibility index (Phi) is 9.11. The van der Waals surface area contributed by atoms with Crippen molar-refractivity contribution in [3.8, 4) is 5.69 Å². The summed E-state index contributed by atoms with van der Waals surface area (Å²) >= 11 is 10.5. The molecule has 202 valence electrons. The number of carbonyl (C=O) groups excluding carboxylic acids is 2. The Hall–Kier alpha value is -3.19. The third-order valence-corrected chi connectivity index (χ3v) is 7.16. The molecule has 4 aromatic rings. The number of hydrogen-bond acceptors (Lipinski definition) is 6. The predicted molar refractivity (Wildman–Crippen MR) is 147 cm³/mol. The smallest absolute Gasteiger partial charge is 0.396 e. The van der Waals surface area contributed by atoms with Gasteiger partial charge in [-0.3, -0.25) is 9.59 Å². The van der Waals surface area contributed by atoms with Crippen LogP contribution >= 0.6 is 39.3 Å². The Morgan fingerprint density at radius 2 is 1.90 bits per heavy atom. The van der Waals surface area contributed by atoms with Gasteiger partial charge in [-0.15, -0.1) is 0 Å². The fourth-order valence-corrected chi connectivity index (χ4v) is 4.80. The van der Waals surface area contributed by atoms with Crippen molar-refractivity contribution in [1.29, 1.82) is 0 Å². The molecule has 0 fully saturated rings. The van der Waals surface area contributed by atoms with Crippen LogP contribution in [0, 0.1) is 0 Å². The van der Waals surface area contributed by atoms with Crippen LogP contribution in [-0.4, -0.2) is 43.9 Å². The summed E-state index contributed by atoms with van der Waals surface area (Å²) < 4.78 is 41.4. The maximum atomic E-state index is 13.4. The van der Waals surface area contributed by atoms with E-state index in [9.17, 15) is 22.8 Å². The average Bonchev–Trinajstić information content (AvgIpc) is 3.39. The number of rotatable bonds is 9. The van der Waals surface area contributed by atoms with Crippen LogP contribution in [0.2, 0.25) is 5.02 Å². The van der Waals surface area contributed by atoms with Gasteiger partial charge in [0.2, 0.25) is 0 Å². The quantitative estimate of drug-likeness (QED) is 0.162. The number of benzene rings is 2. The van der Waals surface area contributed by atoms with Crippen molar-refractivity contribution in [2.24, 2.45) is 0 Å². The first-order valence-corrected chi connectivity index (χ1v) is 13.6. The van der Waals surface area contributed by atoms with Gasteiger partial charge in [0, 0.05) is 33.9 Å². The Labute approximate surface area is 238 Å². The van der Waals surface area contributed by atoms with E-state index in [1.807, 2.05) is 6.07 Å². The lowest BCUT2D eigenvalue weighted by Gasteiger charge is -2.11. The van der Waals surface area contributed by atoms with Gasteiger partial charge in [-0.1, -0.05) is 23.7 Å². The fourth-order valence-electron chi connectivity index (χ4n) is 3.56. The van der Waals surface area contributed by atoms with Crippen LogP contribution in [0.4, 0.5) is 19.0 Å². The molecule has 0 saturated heterocycles. The number of carbonyl (C=O) groups is 2. The van der Waals surface area contributed by atoms with Gasteiger partial charge >= 0.3 is 6.18 Å². The van der Waals surface area contributed by atoms with Crippen molar-refractivity contribution in [2.75, 3.05) is 17.7 Å². The van der Waals surface area contributed by atoms with Gasteiger partial charge in [0.1, 0.15) is 5.82 Å². The van der Waals surface area contributed by atoms with E-state index in [4.69, 9.17) is 16.7 Å². The number of aliphatic hydroxyl groups is 1. The normalized spacial score (nSPS) is 11.4. The van der Waals surface area contributed by atoms with Crippen molar-refractivity contribution in [3.05, 3.63) is 104 Å². The number of aliphatic hydroxyl groups excluding tert-OH is 1. The zero-order chi connectivity index (χ0) is 28.2. The van der Waals surface area contributed by atoms with Gasteiger partial charge in [0.15, 0.2) is 5.78 Å². The first-order valence-electron chi connectivity index (χ1n) is 11.3. The largest absolute Gasteiger partial charge is 0.417 e. The van der Waals surface area contributed by atoms with E-state index in [2.05, 4.69) is 31.3 Å². The molecule has 2 heterocycles. The van der Waals surface area contributed by atoms with E-state index >= 15 is 0 Å². The van der Waals surface area contributed by atoms with Crippen LogP contribution < -0.4 is 5.32 Å². The molecule has 0 atom stereocenters. The van der Waals surface area contributed by atoms with Gasteiger partial charge in [0.05, 0.1) is 40.2 Å². The number of amides is 1. The third kappa shape index (κ3) is 7.07. The van der Waals surface area contributed by atoms with Crippen LogP contribution in [0.5, 0.6) is 0 Å². The summed E-state index contributed by atoms with van der Waals surface area (Å²) in [6.07, 6.45) is -0.744. The summed E-state index contributed by atoms with van der Waals surface area (Å²) in [7, 11) is 0. The molecule has 39 heavy (non-hydrogen) atoms. The number of anilines is 1. The second-order valence-corrected chi connectivity index (χ2v) is 10.6. The number of alkyl halides is 3. The molecule has 4 rings (SSSR count). The number of thioether (sulfide) groups is 1. The Bertz CT molecular complexity index is 1530. The van der Waals surface area contributed by atoms with E-state index in [0.717, 1.165) is 22.4 Å². The van der Waals surface area contributed by atoms with Gasteiger partial charge in [-0.05, 0) is 57.9 Å². The predicted octanol–water partition coefficient (Wildman–Crippen LogP) is 6.41. The van der Waals surface area contributed by atoms with Crippen LogP contribution in [0.25, 0.3) is 5.69 Å². The summed E-state index contributed by atoms with van der Waals surface area (Å²) in [4.78, 5) is 30.5. The summed E-state index contributed by atoms with van der Waals surface area (Å²) in [5.74, 6) is 0.160. The summed E-state index contributed by atoms with van der Waals surface area (Å²) in [5.41, 5.74) is 0.405. The lowest BCUT2D eigenvalue weighted by Crippen LogP contribution is -2.16. The molecule has 0 aliphatic rings. The Balaban J connectivity index is 1.58. The maximum Gasteiger partial charge on any atom is 0.417 e. The zero-order valence-corrected chi connectivity index (χ0v) is 23.0. The number of halogens is 5. The number of hydrogen-bond donors (Lipinski definition) is 2. The fraction of sp³-hybridized carbons (Fsp3) is 0.154. The third-order valence-electron chi connectivity index (χ3n) is 5.39. The first kappa shape index (κ1) is 28.8. The van der Waals surface area contributed by atoms with Gasteiger partial charge in [0.25, 0.3) is 5.91 Å². The molecule has 0 radical (unpaired) electrons. The number of nitrogens with zero attached hydrogens (tertiary/aromatic N) is 3. The van der Waals surface area contributed by atoms with E-state index < -0.39 is 28.5 Å². The molecule has 13 heteroatoms. The summed E-state index contributed by atoms with van der Waals surface area (Å²) in [6, 6.07) is 11.7. The molecule has 7 nitrogen and oxygen atoms in total. The highest BCUT2D eigenvalue weighted by atomic mass is 79.9. The topological polar surface area (TPSA) is 97.1 Å². The monoisotopic (exact) mass is 638 g/mol. The Morgan fingerprint density at radius 3 is 2.64 bits per heavy atom. The maximum absolute atomic E-state index is 13.4. The van der Waals surface area contributed by atoms with Crippen molar-refractivity contribution in [3.63, 3.8) is 0 Å². The molecular formula is C26H19BrClF3N4O3S. The van der Waals surface area contributed by atoms with Crippen molar-refractivity contribution in [1.82, 2.24) is 14.8 Å². The molecule has 0 bridgehead atoms. The molecule has 0 aliphatic heterocycles. The molecule has 2 aromatic heterocycles. The average molecular weight is 640 g/mol. The first-order chi connectivity index (χ1) is 18.6. The molecule has 0 saturated carbocycles. The lowest BCUT2D eigenvalue weighted by atomic mass is 10.1. The van der Waals surface area contributed by atoms with E-state index in [-0.39, 0.29) is 29.2 Å². The van der Waals surface area contributed by atoms with Gasteiger partial charge < -0.3 is 10.4 Å². The van der Waals surface area contributed by atoms with Crippen LogP contribution in [0.3, 0.4) is 0 Å². The van der Waals surface area contributed by atoms with E-state index in [1.165, 1.54) is 42.5 Å². The van der Waals surface area contributed by atoms with Crippen LogP contribution in [-0.2, 0) is 11.9 Å². The standard InChI is InChI=1S/C26H19BrClF3N4O3S/c27-18-9-20(24(32-12-18)34-25(38)16-3-1-2-15(8-16)14-39-7-6-36)23(37)17-11-33-35(13-17)19-4-5-22(28)21(10-19)26(29,30)31/h1-5,8-13,36H,6-7,14H2,(H,32,34,38). The van der Waals surface area contributed by atoms with Crippen LogP contribution in [0.1, 0.15) is 37.4 Å². The zero-order valence-electron chi connectivity index (χ0n) is 19.9. The highest BCUT2D eigenvalue weighted by Crippen LogP contribution is 2.36. The van der Waals surface area contributed by atoms with Crippen LogP contribution in [0.15, 0.2) is 71.6 Å². The summed E-state index contributed by atoms with van der Waals surface area (Å²) in [5, 5.41) is 15.2. The number of ketones is 1. The van der Waals surface area contributed by atoms with Crippen molar-refractivity contribution in [2.45, 2.75) is 11.9 Å². The highest BCUT2D eigenvalue weighted by molar-refractivity contribution is 9.10. The van der Waals surface area contributed by atoms with Crippen molar-refractivity contribution >= 4 is 56.8 Å². The molecule has 0 spiro atoms. The lowest BCUT2D eigenvalue weighted by molar-refractivity contribution is -0.137. The molecular weight excluding hydrogens is 621 g/mol. The minimum Gasteiger partial charge on any atom is -0.396 e. The van der Waals surface area contributed by atoms with Gasteiger partial charge in [-0.2, -0.15) is 30.0 Å². The van der Waals surface area contributed by atoms with E-state index in [1.54, 1.807) is 18.2 Å². The van der Waals surface area contributed by atoms with E-state index in [0.29, 0.717) is 21.5 Å². The molecule has 2 aromatic carbocycles. The molecule has 0 aliphatic carbocycles. The van der Waals surface area contributed by atoms with Gasteiger partial charge in [-0.25, -0.2) is 9.67 Å². The second-order valence-electron chi connectivity index (χ2n) is 8.15. The molecule has 1 amide bonds. The number of pyridine rings is 1. The summed E-state index contributed by atoms with van der Waals surface area (Å²) in [6.45, 7) is 0.0596. The minimum absolute atomic E-state index is 0.00635. The molecule has 0 unspecified atom stereocenters. The second kappa shape index (κ2) is 12.3. The highest BCUT2D eigenvalue weighted by Gasteiger charge is 2.33. The molecule has 2 N–H and O–H groups in total. The van der Waals surface area contributed by atoms with Crippen molar-refractivity contribution < 1.29 is 27.9 Å². The number of aromatic nitrogens is 3. The number of nitrogens with one attached hydrogen (secondary N) is 1. The SMILES string of the molecule is O=C(Nc1ncc(Br)cc1C(=O)c1cnn(-c2ccc(Cl)c(C(F)(F)F)c2)c1)c1cccc(CSCCO)c1. The Morgan fingerprint density at radius 1 is 1.10 bits per heavy atom.